The summed E-state index contributed by atoms with van der Waals surface area (Å²) in [5.41, 5.74) is 1.12. The van der Waals surface area contributed by atoms with Crippen molar-refractivity contribution in [3.8, 4) is 0 Å². The summed E-state index contributed by atoms with van der Waals surface area (Å²) >= 11 is 0. The van der Waals surface area contributed by atoms with Crippen LogP contribution in [0.2, 0.25) is 0 Å². The topological polar surface area (TPSA) is 110 Å². The molecule has 2 fully saturated rings. The Morgan fingerprint density at radius 3 is 2.44 bits per heavy atom. The number of hydrogen-bond donors (Lipinski definition) is 1. The first kappa shape index (κ1) is 24.5. The molecule has 4 rings (SSSR count). The van der Waals surface area contributed by atoms with Crippen molar-refractivity contribution in [2.45, 2.75) is 47.6 Å². The van der Waals surface area contributed by atoms with E-state index in [-0.39, 0.29) is 33.5 Å². The fraction of sp³-hybridized carbons (Fsp3) is 0.435. The summed E-state index contributed by atoms with van der Waals surface area (Å²) in [6.07, 6.45) is 2.65. The fourth-order valence-corrected chi connectivity index (χ4v) is 6.23. The summed E-state index contributed by atoms with van der Waals surface area (Å²) in [4.78, 5) is 13.6. The molecule has 1 N–H and O–H groups in total. The van der Waals surface area contributed by atoms with E-state index >= 15 is 0 Å². The highest BCUT2D eigenvalue weighted by molar-refractivity contribution is 7.92. The van der Waals surface area contributed by atoms with Crippen LogP contribution in [0.1, 0.15) is 47.5 Å². The molecule has 0 spiro atoms. The van der Waals surface area contributed by atoms with Gasteiger partial charge in [0.2, 0.25) is 0 Å². The van der Waals surface area contributed by atoms with Gasteiger partial charge in [0.1, 0.15) is 6.17 Å². The molecule has 1 aliphatic carbocycles. The van der Waals surface area contributed by atoms with Crippen LogP contribution in [-0.4, -0.2) is 55.4 Å². The summed E-state index contributed by atoms with van der Waals surface area (Å²) in [5.74, 6) is -0.602. The third kappa shape index (κ3) is 5.20. The zero-order valence-electron chi connectivity index (χ0n) is 19.0. The average Bonchev–Trinajstić information content (AvgIpc) is 3.62. The van der Waals surface area contributed by atoms with E-state index in [9.17, 15) is 26.0 Å². The van der Waals surface area contributed by atoms with E-state index in [1.165, 1.54) is 37.4 Å². The molecule has 184 valence electrons. The second kappa shape index (κ2) is 9.18. The molecule has 11 heteroatoms. The molecule has 2 aromatic rings. The predicted molar refractivity (Wildman–Crippen MR) is 126 cm³/mol. The van der Waals surface area contributed by atoms with Crippen LogP contribution >= 0.6 is 0 Å². The van der Waals surface area contributed by atoms with E-state index < -0.39 is 32.0 Å². The molecular formula is C23H27FN2O6S2. The van der Waals surface area contributed by atoms with E-state index in [4.69, 9.17) is 4.74 Å². The number of hydrogen-bond acceptors (Lipinski definition) is 7. The monoisotopic (exact) mass is 510 g/mol. The Balaban J connectivity index is 1.80. The Bertz CT molecular complexity index is 1320. The summed E-state index contributed by atoms with van der Waals surface area (Å²) in [5, 5.41) is 0. The van der Waals surface area contributed by atoms with Crippen molar-refractivity contribution in [1.82, 2.24) is 0 Å². The van der Waals surface area contributed by atoms with Crippen molar-refractivity contribution in [2.75, 3.05) is 36.1 Å². The van der Waals surface area contributed by atoms with Crippen LogP contribution in [0.3, 0.4) is 0 Å². The molecule has 0 aromatic heterocycles. The van der Waals surface area contributed by atoms with Gasteiger partial charge < -0.3 is 9.64 Å². The van der Waals surface area contributed by atoms with Crippen molar-refractivity contribution in [2.24, 2.45) is 0 Å². The summed E-state index contributed by atoms with van der Waals surface area (Å²) in [7, 11) is -6.64. The van der Waals surface area contributed by atoms with E-state index in [2.05, 4.69) is 4.72 Å². The Morgan fingerprint density at radius 1 is 1.09 bits per heavy atom. The van der Waals surface area contributed by atoms with Crippen molar-refractivity contribution in [3.05, 3.63) is 47.5 Å². The van der Waals surface area contributed by atoms with Crippen LogP contribution in [0.25, 0.3) is 0 Å². The molecule has 1 saturated heterocycles. The van der Waals surface area contributed by atoms with Crippen LogP contribution in [0.5, 0.6) is 0 Å². The maximum Gasteiger partial charge on any atom is 0.337 e. The molecule has 34 heavy (non-hydrogen) atoms. The van der Waals surface area contributed by atoms with Crippen LogP contribution in [0.15, 0.2) is 46.2 Å². The number of nitrogens with zero attached hydrogens (tertiary/aromatic N) is 1. The standard InChI is InChI=1S/C23H27FN2O6S2/c1-32-23(27)16-7-9-19(15-5-6-15)22(12-16)34(30,31)25-20-13-18(33(2,28)29)8-10-21(20)26-11-3-4-17(24)14-26/h7-10,12-13,15,17,25H,3-6,11,14H2,1-2H3. The molecule has 1 heterocycles. The highest BCUT2D eigenvalue weighted by atomic mass is 32.2. The summed E-state index contributed by atoms with van der Waals surface area (Å²) < 4.78 is 72.8. The van der Waals surface area contributed by atoms with Crippen molar-refractivity contribution in [3.63, 3.8) is 0 Å². The van der Waals surface area contributed by atoms with E-state index in [1.54, 1.807) is 11.0 Å². The lowest BCUT2D eigenvalue weighted by Crippen LogP contribution is -2.37. The van der Waals surface area contributed by atoms with Crippen LogP contribution in [0.4, 0.5) is 15.8 Å². The number of carbonyl (C=O) groups excluding carboxylic acids is 1. The van der Waals surface area contributed by atoms with Gasteiger partial charge in [-0.05, 0) is 67.5 Å². The predicted octanol–water partition coefficient (Wildman–Crippen LogP) is 3.49. The lowest BCUT2D eigenvalue weighted by molar-refractivity contribution is 0.0600. The van der Waals surface area contributed by atoms with Crippen LogP contribution in [-0.2, 0) is 24.6 Å². The highest BCUT2D eigenvalue weighted by Gasteiger charge is 2.32. The minimum Gasteiger partial charge on any atom is -0.465 e. The van der Waals surface area contributed by atoms with Crippen LogP contribution < -0.4 is 9.62 Å². The number of methoxy groups -OCH3 is 1. The maximum atomic E-state index is 14.1. The quantitative estimate of drug-likeness (QED) is 0.568. The van der Waals surface area contributed by atoms with Gasteiger partial charge in [-0.25, -0.2) is 26.0 Å². The van der Waals surface area contributed by atoms with Gasteiger partial charge in [-0.1, -0.05) is 6.07 Å². The first-order valence-electron chi connectivity index (χ1n) is 11.0. The molecule has 0 amide bonds. The number of piperidine rings is 1. The van der Waals surface area contributed by atoms with Gasteiger partial charge in [-0.3, -0.25) is 4.72 Å². The maximum absolute atomic E-state index is 14.1. The van der Waals surface area contributed by atoms with Crippen LogP contribution in [0, 0.1) is 0 Å². The number of alkyl halides is 1. The number of sulfone groups is 1. The lowest BCUT2D eigenvalue weighted by Gasteiger charge is -2.32. The number of carbonyl (C=O) groups is 1. The lowest BCUT2D eigenvalue weighted by atomic mass is 10.1. The molecule has 2 aliphatic rings. The SMILES string of the molecule is COC(=O)c1ccc(C2CC2)c(S(=O)(=O)Nc2cc(S(C)(=O)=O)ccc2N2CCCC(F)C2)c1. The Labute approximate surface area is 199 Å². The number of benzene rings is 2. The molecule has 1 saturated carbocycles. The van der Waals surface area contributed by atoms with E-state index in [1.807, 2.05) is 0 Å². The number of nitrogens with one attached hydrogen (secondary N) is 1. The molecule has 1 atom stereocenters. The van der Waals surface area contributed by atoms with E-state index in [0.717, 1.165) is 19.1 Å². The first-order chi connectivity index (χ1) is 16.0. The molecule has 2 aromatic carbocycles. The molecule has 0 radical (unpaired) electrons. The molecule has 1 aliphatic heterocycles. The first-order valence-corrected chi connectivity index (χ1v) is 14.4. The van der Waals surface area contributed by atoms with Gasteiger partial charge in [0.15, 0.2) is 9.84 Å². The van der Waals surface area contributed by atoms with Crippen molar-refractivity contribution < 1.29 is 30.8 Å². The van der Waals surface area contributed by atoms with Gasteiger partial charge in [0.25, 0.3) is 10.0 Å². The van der Waals surface area contributed by atoms with Gasteiger partial charge in [-0.2, -0.15) is 0 Å². The normalized spacial score (nSPS) is 19.0. The molecule has 8 nitrogen and oxygen atoms in total. The molecule has 0 bridgehead atoms. The summed E-state index contributed by atoms with van der Waals surface area (Å²) in [6.45, 7) is 0.594. The van der Waals surface area contributed by atoms with Gasteiger partial charge >= 0.3 is 5.97 Å². The number of sulfonamides is 1. The van der Waals surface area contributed by atoms with Crippen molar-refractivity contribution >= 4 is 37.2 Å². The zero-order valence-corrected chi connectivity index (χ0v) is 20.6. The average molecular weight is 511 g/mol. The largest absolute Gasteiger partial charge is 0.465 e. The number of anilines is 2. The Hall–Kier alpha value is -2.66. The second-order valence-electron chi connectivity index (χ2n) is 8.76. The van der Waals surface area contributed by atoms with Gasteiger partial charge in [0, 0.05) is 19.3 Å². The number of rotatable bonds is 7. The number of esters is 1. The number of halogens is 1. The Morgan fingerprint density at radius 2 is 1.82 bits per heavy atom. The van der Waals surface area contributed by atoms with Gasteiger partial charge in [0.05, 0.1) is 33.8 Å². The summed E-state index contributed by atoms with van der Waals surface area (Å²) in [6, 6.07) is 8.57. The minimum atomic E-state index is -4.22. The van der Waals surface area contributed by atoms with Crippen molar-refractivity contribution in [1.29, 1.82) is 0 Å². The zero-order chi connectivity index (χ0) is 24.7. The third-order valence-electron chi connectivity index (χ3n) is 6.09. The highest BCUT2D eigenvalue weighted by Crippen LogP contribution is 2.44. The molecule has 1 unspecified atom stereocenters. The molecular weight excluding hydrogens is 483 g/mol. The third-order valence-corrected chi connectivity index (χ3v) is 8.62. The smallest absolute Gasteiger partial charge is 0.337 e. The minimum absolute atomic E-state index is 0.0437. The van der Waals surface area contributed by atoms with Gasteiger partial charge in [-0.15, -0.1) is 0 Å². The Kier molecular flexibility index (Phi) is 6.61. The second-order valence-corrected chi connectivity index (χ2v) is 12.4. The fourth-order valence-electron chi connectivity index (χ4n) is 4.19. The van der Waals surface area contributed by atoms with E-state index in [0.29, 0.717) is 30.6 Å². The number of ether oxygens (including phenoxy) is 1.